The van der Waals surface area contributed by atoms with Gasteiger partial charge in [-0.3, -0.25) is 9.59 Å². The Morgan fingerprint density at radius 1 is 1.07 bits per heavy atom. The van der Waals surface area contributed by atoms with Crippen molar-refractivity contribution >= 4 is 17.5 Å². The SMILES string of the molecule is CN(C)[C@@H](Cc1ccc(C(N)=O)cc1)CC1(C(N)=O)CCCN1c1ccccc1. The van der Waals surface area contributed by atoms with E-state index < -0.39 is 11.4 Å². The molecule has 0 aliphatic carbocycles. The summed E-state index contributed by atoms with van der Waals surface area (Å²) in [6, 6.07) is 17.5. The van der Waals surface area contributed by atoms with Gasteiger partial charge in [0.05, 0.1) is 0 Å². The highest BCUT2D eigenvalue weighted by atomic mass is 16.2. The lowest BCUT2D eigenvalue weighted by atomic mass is 9.84. The molecule has 0 radical (unpaired) electrons. The fraction of sp³-hybridized carbons (Fsp3) is 0.391. The van der Waals surface area contributed by atoms with Crippen molar-refractivity contribution in [1.29, 1.82) is 0 Å². The molecule has 0 aromatic heterocycles. The number of likely N-dealkylation sites (N-methyl/N-ethyl adjacent to an activating group) is 1. The van der Waals surface area contributed by atoms with Gasteiger partial charge in [0.15, 0.2) is 0 Å². The van der Waals surface area contributed by atoms with Crippen molar-refractivity contribution in [2.75, 3.05) is 25.5 Å². The van der Waals surface area contributed by atoms with E-state index in [0.717, 1.165) is 37.1 Å². The highest BCUT2D eigenvalue weighted by Gasteiger charge is 2.47. The van der Waals surface area contributed by atoms with Crippen LogP contribution in [0.15, 0.2) is 54.6 Å². The zero-order valence-corrected chi connectivity index (χ0v) is 17.2. The van der Waals surface area contributed by atoms with E-state index in [1.807, 2.05) is 56.6 Å². The maximum absolute atomic E-state index is 12.7. The summed E-state index contributed by atoms with van der Waals surface area (Å²) in [4.78, 5) is 28.4. The fourth-order valence-electron chi connectivity index (χ4n) is 4.34. The molecule has 2 atom stereocenters. The van der Waals surface area contributed by atoms with Crippen LogP contribution in [0.25, 0.3) is 0 Å². The second kappa shape index (κ2) is 8.66. The van der Waals surface area contributed by atoms with Gasteiger partial charge >= 0.3 is 0 Å². The first kappa shape index (κ1) is 20.9. The van der Waals surface area contributed by atoms with E-state index in [4.69, 9.17) is 11.5 Å². The van der Waals surface area contributed by atoms with Gasteiger partial charge in [0.2, 0.25) is 11.8 Å². The molecule has 1 saturated heterocycles. The molecule has 1 aliphatic rings. The molecule has 29 heavy (non-hydrogen) atoms. The molecule has 0 saturated carbocycles. The van der Waals surface area contributed by atoms with Gasteiger partial charge in [-0.15, -0.1) is 0 Å². The van der Waals surface area contributed by atoms with E-state index in [2.05, 4.69) is 9.80 Å². The molecule has 1 unspecified atom stereocenters. The van der Waals surface area contributed by atoms with Crippen LogP contribution in [0.1, 0.15) is 35.2 Å². The number of hydrogen-bond acceptors (Lipinski definition) is 4. The molecule has 0 bridgehead atoms. The maximum Gasteiger partial charge on any atom is 0.248 e. The number of carbonyl (C=O) groups is 2. The van der Waals surface area contributed by atoms with Crippen LogP contribution in [-0.4, -0.2) is 48.9 Å². The van der Waals surface area contributed by atoms with Crippen LogP contribution in [0.4, 0.5) is 5.69 Å². The summed E-state index contributed by atoms with van der Waals surface area (Å²) in [5, 5.41) is 0. The Labute approximate surface area is 172 Å². The molecule has 6 nitrogen and oxygen atoms in total. The minimum Gasteiger partial charge on any atom is -0.368 e. The number of amides is 2. The first-order valence-corrected chi connectivity index (χ1v) is 10.0. The highest BCUT2D eigenvalue weighted by Crippen LogP contribution is 2.38. The van der Waals surface area contributed by atoms with E-state index in [1.165, 1.54) is 0 Å². The number of anilines is 1. The molecule has 2 amide bonds. The molecule has 3 rings (SSSR count). The largest absolute Gasteiger partial charge is 0.368 e. The van der Waals surface area contributed by atoms with Crippen molar-refractivity contribution < 1.29 is 9.59 Å². The third kappa shape index (κ3) is 4.43. The van der Waals surface area contributed by atoms with Gasteiger partial charge in [-0.1, -0.05) is 30.3 Å². The zero-order chi connectivity index (χ0) is 21.0. The normalized spacial score (nSPS) is 20.0. The molecule has 1 heterocycles. The fourth-order valence-corrected chi connectivity index (χ4v) is 4.34. The second-order valence-electron chi connectivity index (χ2n) is 8.07. The number of rotatable bonds is 8. The smallest absolute Gasteiger partial charge is 0.248 e. The summed E-state index contributed by atoms with van der Waals surface area (Å²) in [7, 11) is 4.05. The molecule has 1 fully saturated rings. The molecule has 0 spiro atoms. The number of primary amides is 2. The van der Waals surface area contributed by atoms with Crippen LogP contribution >= 0.6 is 0 Å². The highest BCUT2D eigenvalue weighted by molar-refractivity contribution is 5.92. The summed E-state index contributed by atoms with van der Waals surface area (Å²) < 4.78 is 0. The van der Waals surface area contributed by atoms with Gasteiger partial charge in [0.1, 0.15) is 5.54 Å². The average molecular weight is 395 g/mol. The van der Waals surface area contributed by atoms with Gasteiger partial charge in [0.25, 0.3) is 0 Å². The lowest BCUT2D eigenvalue weighted by Gasteiger charge is -2.41. The second-order valence-corrected chi connectivity index (χ2v) is 8.07. The van der Waals surface area contributed by atoms with E-state index in [0.29, 0.717) is 12.0 Å². The van der Waals surface area contributed by atoms with Crippen LogP contribution in [0.3, 0.4) is 0 Å². The predicted octanol–water partition coefficient (Wildman–Crippen LogP) is 2.17. The van der Waals surface area contributed by atoms with E-state index in [-0.39, 0.29) is 11.9 Å². The summed E-state index contributed by atoms with van der Waals surface area (Å²) in [5.74, 6) is -0.701. The lowest BCUT2D eigenvalue weighted by Crippen LogP contribution is -2.57. The van der Waals surface area contributed by atoms with Crippen molar-refractivity contribution in [2.24, 2.45) is 11.5 Å². The van der Waals surface area contributed by atoms with Gasteiger partial charge in [-0.2, -0.15) is 0 Å². The summed E-state index contributed by atoms with van der Waals surface area (Å²) >= 11 is 0. The van der Waals surface area contributed by atoms with Gasteiger partial charge in [-0.05, 0) is 69.6 Å². The van der Waals surface area contributed by atoms with Crippen LogP contribution in [-0.2, 0) is 11.2 Å². The zero-order valence-electron chi connectivity index (χ0n) is 17.2. The average Bonchev–Trinajstić information content (AvgIpc) is 3.13. The van der Waals surface area contributed by atoms with Crippen molar-refractivity contribution in [2.45, 2.75) is 37.3 Å². The molecular formula is C23H30N4O2. The number of nitrogens with zero attached hydrogens (tertiary/aromatic N) is 2. The standard InChI is InChI=1S/C23H30N4O2/c1-26(2)20(15-17-9-11-18(12-10-17)21(24)28)16-23(22(25)29)13-6-14-27(23)19-7-4-3-5-8-19/h3-5,7-12,20H,6,13-16H2,1-2H3,(H2,24,28)(H2,25,29)/t20-,23?/m0/s1. The van der Waals surface area contributed by atoms with Gasteiger partial charge in [-0.25, -0.2) is 0 Å². The van der Waals surface area contributed by atoms with Crippen LogP contribution in [0.2, 0.25) is 0 Å². The first-order chi connectivity index (χ1) is 13.8. The Kier molecular flexibility index (Phi) is 6.23. The number of carbonyl (C=O) groups excluding carboxylic acids is 2. The Morgan fingerprint density at radius 3 is 2.28 bits per heavy atom. The summed E-state index contributed by atoms with van der Waals surface area (Å²) in [6.45, 7) is 0.820. The lowest BCUT2D eigenvalue weighted by molar-refractivity contribution is -0.123. The number of para-hydroxylation sites is 1. The first-order valence-electron chi connectivity index (χ1n) is 10.0. The van der Waals surface area contributed by atoms with Crippen molar-refractivity contribution in [3.63, 3.8) is 0 Å². The molecule has 154 valence electrons. The Morgan fingerprint density at radius 2 is 1.72 bits per heavy atom. The summed E-state index contributed by atoms with van der Waals surface area (Å²) in [6.07, 6.45) is 3.08. The Balaban J connectivity index is 1.86. The van der Waals surface area contributed by atoms with Crippen molar-refractivity contribution in [3.05, 3.63) is 65.7 Å². The number of benzene rings is 2. The van der Waals surface area contributed by atoms with E-state index >= 15 is 0 Å². The van der Waals surface area contributed by atoms with E-state index in [1.54, 1.807) is 12.1 Å². The number of hydrogen-bond donors (Lipinski definition) is 2. The molecule has 2 aromatic carbocycles. The van der Waals surface area contributed by atoms with Crippen molar-refractivity contribution in [3.8, 4) is 0 Å². The van der Waals surface area contributed by atoms with Gasteiger partial charge < -0.3 is 21.3 Å². The third-order valence-corrected chi connectivity index (χ3v) is 6.03. The quantitative estimate of drug-likeness (QED) is 0.718. The summed E-state index contributed by atoms with van der Waals surface area (Å²) in [5.41, 5.74) is 13.3. The monoisotopic (exact) mass is 394 g/mol. The van der Waals surface area contributed by atoms with Crippen LogP contribution in [0.5, 0.6) is 0 Å². The van der Waals surface area contributed by atoms with E-state index in [9.17, 15) is 9.59 Å². The maximum atomic E-state index is 12.7. The third-order valence-electron chi connectivity index (χ3n) is 6.03. The number of nitrogens with two attached hydrogens (primary N) is 2. The molecular weight excluding hydrogens is 364 g/mol. The molecule has 6 heteroatoms. The predicted molar refractivity (Wildman–Crippen MR) is 116 cm³/mol. The Hall–Kier alpha value is -2.86. The molecule has 2 aromatic rings. The van der Waals surface area contributed by atoms with Crippen molar-refractivity contribution in [1.82, 2.24) is 4.90 Å². The molecule has 1 aliphatic heterocycles. The minimum absolute atomic E-state index is 0.117. The van der Waals surface area contributed by atoms with Crippen LogP contribution < -0.4 is 16.4 Å². The molecule has 4 N–H and O–H groups in total. The van der Waals surface area contributed by atoms with Gasteiger partial charge in [0, 0.05) is 23.8 Å². The minimum atomic E-state index is -0.705. The topological polar surface area (TPSA) is 92.7 Å². The Bertz CT molecular complexity index is 851. The van der Waals surface area contributed by atoms with Crippen LogP contribution in [0, 0.1) is 0 Å².